The highest BCUT2D eigenvalue weighted by molar-refractivity contribution is 5.58. The molecule has 96 valence electrons. The molecule has 0 atom stereocenters. The molecule has 0 aromatic carbocycles. The standard InChI is InChI=1S/C13H17N3O2/c1-2-13(12-3-4-14-16(12)5-1)18-11-8-15-6-9-17-10-7-15/h1-5H,6-11H2. The van der Waals surface area contributed by atoms with Gasteiger partial charge in [0.1, 0.15) is 17.9 Å². The summed E-state index contributed by atoms with van der Waals surface area (Å²) in [4.78, 5) is 2.36. The molecule has 1 aliphatic rings. The van der Waals surface area contributed by atoms with E-state index in [0.717, 1.165) is 44.1 Å². The summed E-state index contributed by atoms with van der Waals surface area (Å²) in [5.41, 5.74) is 1.01. The van der Waals surface area contributed by atoms with Crippen LogP contribution in [0.5, 0.6) is 5.75 Å². The maximum Gasteiger partial charge on any atom is 0.145 e. The van der Waals surface area contributed by atoms with Crippen LogP contribution in [0.1, 0.15) is 0 Å². The second-order valence-electron chi connectivity index (χ2n) is 4.34. The first kappa shape index (κ1) is 11.5. The number of nitrogens with zero attached hydrogens (tertiary/aromatic N) is 3. The van der Waals surface area contributed by atoms with Crippen LogP contribution in [0.3, 0.4) is 0 Å². The molecular formula is C13H17N3O2. The molecule has 2 aromatic heterocycles. The van der Waals surface area contributed by atoms with Gasteiger partial charge in [-0.05, 0) is 18.2 Å². The first-order valence-electron chi connectivity index (χ1n) is 6.29. The molecule has 0 amide bonds. The van der Waals surface area contributed by atoms with Crippen LogP contribution in [0, 0.1) is 0 Å². The Hall–Kier alpha value is -1.59. The van der Waals surface area contributed by atoms with E-state index in [1.807, 2.05) is 28.9 Å². The van der Waals surface area contributed by atoms with Crippen molar-refractivity contribution in [2.45, 2.75) is 0 Å². The van der Waals surface area contributed by atoms with Gasteiger partial charge in [-0.3, -0.25) is 4.90 Å². The molecule has 1 aliphatic heterocycles. The predicted octanol–water partition coefficient (Wildman–Crippen LogP) is 1.05. The van der Waals surface area contributed by atoms with Gasteiger partial charge >= 0.3 is 0 Å². The van der Waals surface area contributed by atoms with Crippen molar-refractivity contribution in [2.75, 3.05) is 39.5 Å². The van der Waals surface area contributed by atoms with E-state index in [1.165, 1.54) is 0 Å². The monoisotopic (exact) mass is 247 g/mol. The summed E-state index contributed by atoms with van der Waals surface area (Å²) in [6.07, 6.45) is 3.70. The number of ether oxygens (including phenoxy) is 2. The van der Waals surface area contributed by atoms with Crippen molar-refractivity contribution in [2.24, 2.45) is 0 Å². The summed E-state index contributed by atoms with van der Waals surface area (Å²) in [7, 11) is 0. The average molecular weight is 247 g/mol. The van der Waals surface area contributed by atoms with E-state index in [-0.39, 0.29) is 0 Å². The minimum atomic E-state index is 0.699. The van der Waals surface area contributed by atoms with Crippen LogP contribution in [0.25, 0.3) is 5.52 Å². The molecule has 5 heteroatoms. The molecule has 2 aromatic rings. The lowest BCUT2D eigenvalue weighted by molar-refractivity contribution is 0.0323. The molecular weight excluding hydrogens is 230 g/mol. The van der Waals surface area contributed by atoms with Gasteiger partial charge in [0.25, 0.3) is 0 Å². The van der Waals surface area contributed by atoms with Crippen molar-refractivity contribution in [1.29, 1.82) is 0 Å². The molecule has 0 saturated carbocycles. The third-order valence-electron chi connectivity index (χ3n) is 3.17. The lowest BCUT2D eigenvalue weighted by Gasteiger charge is -2.26. The molecule has 0 spiro atoms. The summed E-state index contributed by atoms with van der Waals surface area (Å²) in [5, 5.41) is 4.19. The van der Waals surface area contributed by atoms with Crippen LogP contribution in [0.4, 0.5) is 0 Å². The van der Waals surface area contributed by atoms with Gasteiger partial charge in [0.15, 0.2) is 0 Å². The Morgan fingerprint density at radius 3 is 3.06 bits per heavy atom. The second-order valence-corrected chi connectivity index (χ2v) is 4.34. The van der Waals surface area contributed by atoms with Crippen molar-refractivity contribution >= 4 is 5.52 Å². The molecule has 18 heavy (non-hydrogen) atoms. The van der Waals surface area contributed by atoms with Gasteiger partial charge in [-0.25, -0.2) is 4.52 Å². The van der Waals surface area contributed by atoms with Crippen LogP contribution < -0.4 is 4.74 Å². The summed E-state index contributed by atoms with van der Waals surface area (Å²) in [6, 6.07) is 5.89. The molecule has 3 heterocycles. The Bertz CT molecular complexity index is 506. The van der Waals surface area contributed by atoms with Crippen molar-refractivity contribution in [3.05, 3.63) is 30.6 Å². The third-order valence-corrected chi connectivity index (χ3v) is 3.17. The maximum absolute atomic E-state index is 5.84. The van der Waals surface area contributed by atoms with Gasteiger partial charge in [0.05, 0.1) is 19.4 Å². The van der Waals surface area contributed by atoms with E-state index in [0.29, 0.717) is 6.61 Å². The Morgan fingerprint density at radius 1 is 1.28 bits per heavy atom. The summed E-state index contributed by atoms with van der Waals surface area (Å²) in [6.45, 7) is 5.31. The predicted molar refractivity (Wildman–Crippen MR) is 67.9 cm³/mol. The third kappa shape index (κ3) is 2.47. The zero-order valence-electron chi connectivity index (χ0n) is 10.3. The Kier molecular flexibility index (Phi) is 3.43. The van der Waals surface area contributed by atoms with Crippen molar-refractivity contribution in [3.63, 3.8) is 0 Å². The quantitative estimate of drug-likeness (QED) is 0.809. The first-order valence-corrected chi connectivity index (χ1v) is 6.29. The van der Waals surface area contributed by atoms with Crippen molar-refractivity contribution in [1.82, 2.24) is 14.5 Å². The van der Waals surface area contributed by atoms with Gasteiger partial charge < -0.3 is 9.47 Å². The van der Waals surface area contributed by atoms with E-state index >= 15 is 0 Å². The number of hydrogen-bond acceptors (Lipinski definition) is 4. The van der Waals surface area contributed by atoms with Gasteiger partial charge in [0, 0.05) is 25.8 Å². The topological polar surface area (TPSA) is 39.0 Å². The van der Waals surface area contributed by atoms with Gasteiger partial charge in [-0.15, -0.1) is 0 Å². The van der Waals surface area contributed by atoms with Crippen molar-refractivity contribution < 1.29 is 9.47 Å². The van der Waals surface area contributed by atoms with E-state index in [1.54, 1.807) is 6.20 Å². The number of rotatable bonds is 4. The highest BCUT2D eigenvalue weighted by Gasteiger charge is 2.10. The second kappa shape index (κ2) is 5.37. The van der Waals surface area contributed by atoms with Gasteiger partial charge in [-0.1, -0.05) is 0 Å². The molecule has 0 radical (unpaired) electrons. The fraction of sp³-hybridized carbons (Fsp3) is 0.462. The molecule has 1 fully saturated rings. The summed E-state index contributed by atoms with van der Waals surface area (Å²) < 4.78 is 13.0. The Morgan fingerprint density at radius 2 is 2.17 bits per heavy atom. The highest BCUT2D eigenvalue weighted by Crippen LogP contribution is 2.18. The normalized spacial score (nSPS) is 17.1. The average Bonchev–Trinajstić information content (AvgIpc) is 2.89. The van der Waals surface area contributed by atoms with Crippen LogP contribution in [0.15, 0.2) is 30.6 Å². The first-order chi connectivity index (χ1) is 8.93. The van der Waals surface area contributed by atoms with Gasteiger partial charge in [0.2, 0.25) is 0 Å². The molecule has 1 saturated heterocycles. The molecule has 0 bridgehead atoms. The maximum atomic E-state index is 5.84. The Balaban J connectivity index is 1.57. The number of hydrogen-bond donors (Lipinski definition) is 0. The zero-order chi connectivity index (χ0) is 12.2. The molecule has 0 N–H and O–H groups in total. The van der Waals surface area contributed by atoms with E-state index in [4.69, 9.17) is 9.47 Å². The minimum absolute atomic E-state index is 0.699. The fourth-order valence-corrected chi connectivity index (χ4v) is 2.16. The highest BCUT2D eigenvalue weighted by atomic mass is 16.5. The summed E-state index contributed by atoms with van der Waals surface area (Å²) in [5.74, 6) is 0.892. The van der Waals surface area contributed by atoms with Gasteiger partial charge in [-0.2, -0.15) is 5.10 Å². The zero-order valence-corrected chi connectivity index (χ0v) is 10.3. The van der Waals surface area contributed by atoms with E-state index < -0.39 is 0 Å². The molecule has 0 aliphatic carbocycles. The number of fused-ring (bicyclic) bond motifs is 1. The lowest BCUT2D eigenvalue weighted by Crippen LogP contribution is -2.38. The van der Waals surface area contributed by atoms with E-state index in [2.05, 4.69) is 10.00 Å². The van der Waals surface area contributed by atoms with Crippen LogP contribution >= 0.6 is 0 Å². The Labute approximate surface area is 106 Å². The minimum Gasteiger partial charge on any atom is -0.490 e. The number of morpholine rings is 1. The SMILES string of the molecule is c1cc(OCCN2CCOCC2)c2ccnn2c1. The number of aromatic nitrogens is 2. The smallest absolute Gasteiger partial charge is 0.145 e. The van der Waals surface area contributed by atoms with E-state index in [9.17, 15) is 0 Å². The van der Waals surface area contributed by atoms with Crippen molar-refractivity contribution in [3.8, 4) is 5.75 Å². The summed E-state index contributed by atoms with van der Waals surface area (Å²) >= 11 is 0. The van der Waals surface area contributed by atoms with Crippen LogP contribution in [-0.2, 0) is 4.74 Å². The molecule has 3 rings (SSSR count). The number of pyridine rings is 1. The molecule has 5 nitrogen and oxygen atoms in total. The fourth-order valence-electron chi connectivity index (χ4n) is 2.16. The largest absolute Gasteiger partial charge is 0.490 e. The molecule has 0 unspecified atom stereocenters. The van der Waals surface area contributed by atoms with Crippen LogP contribution in [0.2, 0.25) is 0 Å². The van der Waals surface area contributed by atoms with Crippen LogP contribution in [-0.4, -0.2) is 54.0 Å². The lowest BCUT2D eigenvalue weighted by atomic mass is 10.3.